The minimum absolute atomic E-state index is 0.212. The maximum atomic E-state index is 12.2. The van der Waals surface area contributed by atoms with Gasteiger partial charge < -0.3 is 15.7 Å². The number of hydrogen-bond donors (Lipinski definition) is 2. The first-order chi connectivity index (χ1) is 5.63. The van der Waals surface area contributed by atoms with Gasteiger partial charge in [-0.2, -0.15) is 0 Å². The van der Waals surface area contributed by atoms with Gasteiger partial charge in [-0.3, -0.25) is 4.39 Å². The highest BCUT2D eigenvalue weighted by Gasteiger charge is 2.27. The molecule has 0 aliphatic carbocycles. The molecule has 12 heavy (non-hydrogen) atoms. The Hall–Kier alpha value is -0.840. The summed E-state index contributed by atoms with van der Waals surface area (Å²) >= 11 is 0. The van der Waals surface area contributed by atoms with Crippen LogP contribution in [0.1, 0.15) is 6.42 Å². The van der Waals surface area contributed by atoms with Crippen molar-refractivity contribution in [3.63, 3.8) is 0 Å². The summed E-state index contributed by atoms with van der Waals surface area (Å²) in [4.78, 5) is 11.7. The van der Waals surface area contributed by atoms with Gasteiger partial charge in [-0.05, 0) is 6.42 Å². The fraction of sp³-hybridized carbons (Fsp3) is 0.857. The third-order valence-corrected chi connectivity index (χ3v) is 2.06. The van der Waals surface area contributed by atoms with Gasteiger partial charge in [0.2, 0.25) is 0 Å². The van der Waals surface area contributed by atoms with Crippen LogP contribution in [0.3, 0.4) is 0 Å². The molecule has 0 spiro atoms. The molecule has 1 aliphatic heterocycles. The van der Waals surface area contributed by atoms with Crippen LogP contribution in [0.2, 0.25) is 0 Å². The summed E-state index contributed by atoms with van der Waals surface area (Å²) in [6.45, 7) is 0.114. The molecule has 5 heteroatoms. The molecule has 1 rings (SSSR count). The minimum atomic E-state index is -1.01. The van der Waals surface area contributed by atoms with Crippen LogP contribution >= 0.6 is 0 Å². The van der Waals surface area contributed by atoms with Crippen molar-refractivity contribution in [1.29, 1.82) is 0 Å². The van der Waals surface area contributed by atoms with Crippen molar-refractivity contribution >= 4 is 6.09 Å². The summed E-state index contributed by atoms with van der Waals surface area (Å²) in [5.74, 6) is -0.218. The molecule has 2 atom stereocenters. The largest absolute Gasteiger partial charge is 0.465 e. The number of nitrogens with two attached hydrogens (primary N) is 1. The molecular formula is C7H13FN2O2. The smallest absolute Gasteiger partial charge is 0.407 e. The summed E-state index contributed by atoms with van der Waals surface area (Å²) in [6, 6.07) is -0.212. The quantitative estimate of drug-likeness (QED) is 0.603. The van der Waals surface area contributed by atoms with E-state index >= 15 is 0 Å². The van der Waals surface area contributed by atoms with E-state index in [4.69, 9.17) is 10.8 Å². The topological polar surface area (TPSA) is 66.6 Å². The summed E-state index contributed by atoms with van der Waals surface area (Å²) in [5, 5.41) is 8.62. The molecule has 0 aromatic heterocycles. The summed E-state index contributed by atoms with van der Waals surface area (Å²) in [6.07, 6.45) is -0.427. The number of carbonyl (C=O) groups is 1. The van der Waals surface area contributed by atoms with Crippen molar-refractivity contribution in [2.75, 3.05) is 19.8 Å². The lowest BCUT2D eigenvalue weighted by Gasteiger charge is -2.33. The van der Waals surface area contributed by atoms with E-state index in [0.29, 0.717) is 13.0 Å². The Balaban J connectivity index is 2.51. The normalized spacial score (nSPS) is 30.3. The summed E-state index contributed by atoms with van der Waals surface area (Å²) in [5.41, 5.74) is 5.56. The van der Waals surface area contributed by atoms with Gasteiger partial charge in [0.15, 0.2) is 0 Å². The van der Waals surface area contributed by atoms with E-state index in [1.807, 2.05) is 0 Å². The number of nitrogens with zero attached hydrogens (tertiary/aromatic N) is 1. The number of hydrogen-bond acceptors (Lipinski definition) is 2. The van der Waals surface area contributed by atoms with E-state index in [9.17, 15) is 9.18 Å². The van der Waals surface area contributed by atoms with Gasteiger partial charge in [-0.25, -0.2) is 4.79 Å². The highest BCUT2D eigenvalue weighted by molar-refractivity contribution is 5.65. The molecule has 0 saturated carbocycles. The Morgan fingerprint density at radius 3 is 2.83 bits per heavy atom. The van der Waals surface area contributed by atoms with Gasteiger partial charge in [0.1, 0.15) is 0 Å². The van der Waals surface area contributed by atoms with Crippen LogP contribution in [0.4, 0.5) is 9.18 Å². The minimum Gasteiger partial charge on any atom is -0.465 e. The molecular weight excluding hydrogens is 163 g/mol. The Bertz CT molecular complexity index is 177. The highest BCUT2D eigenvalue weighted by atomic mass is 19.1. The monoisotopic (exact) mass is 176 g/mol. The Labute approximate surface area is 70.1 Å². The van der Waals surface area contributed by atoms with E-state index < -0.39 is 12.8 Å². The van der Waals surface area contributed by atoms with E-state index in [0.717, 1.165) is 0 Å². The first-order valence-electron chi connectivity index (χ1n) is 3.93. The van der Waals surface area contributed by atoms with Crippen LogP contribution in [0.5, 0.6) is 0 Å². The van der Waals surface area contributed by atoms with E-state index in [1.54, 1.807) is 0 Å². The maximum absolute atomic E-state index is 12.2. The molecule has 1 aliphatic rings. The molecule has 1 fully saturated rings. The second-order valence-electron chi connectivity index (χ2n) is 3.20. The highest BCUT2D eigenvalue weighted by Crippen LogP contribution is 2.15. The van der Waals surface area contributed by atoms with Gasteiger partial charge in [0.05, 0.1) is 6.67 Å². The van der Waals surface area contributed by atoms with Crippen molar-refractivity contribution in [3.8, 4) is 0 Å². The Morgan fingerprint density at radius 2 is 2.33 bits per heavy atom. The number of likely N-dealkylation sites (tertiary alicyclic amines) is 1. The molecule has 70 valence electrons. The van der Waals surface area contributed by atoms with Crippen molar-refractivity contribution in [2.24, 2.45) is 11.7 Å². The lowest BCUT2D eigenvalue weighted by molar-refractivity contribution is 0.106. The second kappa shape index (κ2) is 3.71. The van der Waals surface area contributed by atoms with Crippen molar-refractivity contribution in [3.05, 3.63) is 0 Å². The second-order valence-corrected chi connectivity index (χ2v) is 3.20. The van der Waals surface area contributed by atoms with Crippen LogP contribution < -0.4 is 5.73 Å². The molecule has 1 amide bonds. The molecule has 1 saturated heterocycles. The van der Waals surface area contributed by atoms with Crippen molar-refractivity contribution in [2.45, 2.75) is 12.5 Å². The van der Waals surface area contributed by atoms with Crippen LogP contribution in [-0.2, 0) is 0 Å². The van der Waals surface area contributed by atoms with E-state index in [2.05, 4.69) is 0 Å². The number of piperidine rings is 1. The average molecular weight is 176 g/mol. The number of halogens is 1. The molecule has 4 nitrogen and oxygen atoms in total. The third-order valence-electron chi connectivity index (χ3n) is 2.06. The Morgan fingerprint density at radius 1 is 1.67 bits per heavy atom. The predicted molar refractivity (Wildman–Crippen MR) is 41.7 cm³/mol. The fourth-order valence-corrected chi connectivity index (χ4v) is 1.51. The standard InChI is InChI=1S/C7H13FN2O2/c8-2-5-1-6(9)4-10(3-5)7(11)12/h5-6H,1-4,9H2,(H,11,12)/t5-,6-/m0/s1. The van der Waals surface area contributed by atoms with Crippen LogP contribution in [0, 0.1) is 5.92 Å². The molecule has 0 bridgehead atoms. The lowest BCUT2D eigenvalue weighted by Crippen LogP contribution is -2.49. The van der Waals surface area contributed by atoms with Gasteiger partial charge in [-0.1, -0.05) is 0 Å². The molecule has 0 aromatic rings. The predicted octanol–water partition coefficient (Wildman–Crippen LogP) is 0.283. The fourth-order valence-electron chi connectivity index (χ4n) is 1.51. The molecule has 0 unspecified atom stereocenters. The molecule has 3 N–H and O–H groups in total. The number of carboxylic acid groups (broad SMARTS) is 1. The zero-order chi connectivity index (χ0) is 9.14. The maximum Gasteiger partial charge on any atom is 0.407 e. The van der Waals surface area contributed by atoms with Gasteiger partial charge in [0, 0.05) is 25.0 Å². The van der Waals surface area contributed by atoms with Crippen LogP contribution in [0.15, 0.2) is 0 Å². The van der Waals surface area contributed by atoms with Gasteiger partial charge >= 0.3 is 6.09 Å². The number of alkyl halides is 1. The summed E-state index contributed by atoms with van der Waals surface area (Å²) < 4.78 is 12.2. The first kappa shape index (κ1) is 9.25. The SMILES string of the molecule is N[C@H]1C[C@@H](CF)CN(C(=O)O)C1. The van der Waals surface area contributed by atoms with Crippen molar-refractivity contribution < 1.29 is 14.3 Å². The van der Waals surface area contributed by atoms with Crippen LogP contribution in [-0.4, -0.2) is 41.9 Å². The van der Waals surface area contributed by atoms with Crippen LogP contribution in [0.25, 0.3) is 0 Å². The lowest BCUT2D eigenvalue weighted by atomic mass is 9.96. The van der Waals surface area contributed by atoms with Gasteiger partial charge in [0.25, 0.3) is 0 Å². The first-order valence-corrected chi connectivity index (χ1v) is 3.93. The zero-order valence-electron chi connectivity index (χ0n) is 6.74. The van der Waals surface area contributed by atoms with Gasteiger partial charge in [-0.15, -0.1) is 0 Å². The average Bonchev–Trinajstić information content (AvgIpc) is 2.03. The molecule has 0 aromatic carbocycles. The Kier molecular flexibility index (Phi) is 2.86. The number of rotatable bonds is 1. The molecule has 1 heterocycles. The van der Waals surface area contributed by atoms with Crippen molar-refractivity contribution in [1.82, 2.24) is 4.90 Å². The van der Waals surface area contributed by atoms with E-state index in [-0.39, 0.29) is 18.5 Å². The number of amides is 1. The third kappa shape index (κ3) is 2.07. The molecule has 0 radical (unpaired) electrons. The summed E-state index contributed by atoms with van der Waals surface area (Å²) in [7, 11) is 0. The van der Waals surface area contributed by atoms with E-state index in [1.165, 1.54) is 4.90 Å². The zero-order valence-corrected chi connectivity index (χ0v) is 6.74.